The molecule has 19 heavy (non-hydrogen) atoms. The van der Waals surface area contributed by atoms with Gasteiger partial charge in [0.05, 0.1) is 10.7 Å². The van der Waals surface area contributed by atoms with Gasteiger partial charge in [0.25, 0.3) is 5.91 Å². The third-order valence-electron chi connectivity index (χ3n) is 2.80. The highest BCUT2D eigenvalue weighted by Gasteiger charge is 2.08. The van der Waals surface area contributed by atoms with Crippen molar-refractivity contribution in [1.29, 1.82) is 0 Å². The largest absolute Gasteiger partial charge is 0.321 e. The average Bonchev–Trinajstić information content (AvgIpc) is 2.42. The predicted molar refractivity (Wildman–Crippen MR) is 80.2 cm³/mol. The van der Waals surface area contributed by atoms with Crippen molar-refractivity contribution in [3.8, 4) is 0 Å². The van der Waals surface area contributed by atoms with Crippen LogP contribution in [0.15, 0.2) is 42.5 Å². The Hall–Kier alpha value is -1.51. The van der Waals surface area contributed by atoms with E-state index in [1.165, 1.54) is 5.56 Å². The van der Waals surface area contributed by atoms with Crippen molar-refractivity contribution in [3.63, 3.8) is 0 Å². The molecule has 0 aliphatic carbocycles. The minimum absolute atomic E-state index is 0.188. The smallest absolute Gasteiger partial charge is 0.255 e. The van der Waals surface area contributed by atoms with Gasteiger partial charge in [-0.2, -0.15) is 0 Å². The second-order valence-electron chi connectivity index (χ2n) is 4.13. The topological polar surface area (TPSA) is 29.1 Å². The molecule has 0 saturated heterocycles. The number of benzene rings is 2. The van der Waals surface area contributed by atoms with Crippen LogP contribution in [0.25, 0.3) is 0 Å². The van der Waals surface area contributed by atoms with Gasteiger partial charge in [0.15, 0.2) is 0 Å². The minimum Gasteiger partial charge on any atom is -0.321 e. The summed E-state index contributed by atoms with van der Waals surface area (Å²) in [5, 5.41) is 3.72. The highest BCUT2D eigenvalue weighted by molar-refractivity contribution is 6.36. The standard InChI is InChI=1S/C15H13Cl2NO/c1-2-10-3-5-11(6-4-10)15(19)18-14-8-7-12(16)9-13(14)17/h3-9H,2H2,1H3,(H,18,19). The molecule has 0 saturated carbocycles. The molecule has 1 N–H and O–H groups in total. The lowest BCUT2D eigenvalue weighted by molar-refractivity contribution is 0.102. The Morgan fingerprint density at radius 2 is 1.79 bits per heavy atom. The monoisotopic (exact) mass is 293 g/mol. The molecule has 0 spiro atoms. The predicted octanol–water partition coefficient (Wildman–Crippen LogP) is 4.81. The summed E-state index contributed by atoms with van der Waals surface area (Å²) in [5.74, 6) is -0.188. The van der Waals surface area contributed by atoms with Crippen molar-refractivity contribution < 1.29 is 4.79 Å². The average molecular weight is 294 g/mol. The normalized spacial score (nSPS) is 10.3. The zero-order valence-electron chi connectivity index (χ0n) is 10.4. The Balaban J connectivity index is 2.15. The molecule has 0 unspecified atom stereocenters. The molecule has 0 radical (unpaired) electrons. The summed E-state index contributed by atoms with van der Waals surface area (Å²) >= 11 is 11.8. The molecule has 0 bridgehead atoms. The number of aryl methyl sites for hydroxylation is 1. The van der Waals surface area contributed by atoms with Gasteiger partial charge in [-0.15, -0.1) is 0 Å². The molecule has 2 nitrogen and oxygen atoms in total. The second-order valence-corrected chi connectivity index (χ2v) is 4.97. The minimum atomic E-state index is -0.188. The summed E-state index contributed by atoms with van der Waals surface area (Å²) in [7, 11) is 0. The number of rotatable bonds is 3. The molecular weight excluding hydrogens is 281 g/mol. The maximum absolute atomic E-state index is 12.0. The fourth-order valence-corrected chi connectivity index (χ4v) is 2.13. The molecular formula is C15H13Cl2NO. The van der Waals surface area contributed by atoms with Crippen molar-refractivity contribution in [1.82, 2.24) is 0 Å². The van der Waals surface area contributed by atoms with Gasteiger partial charge in [-0.05, 0) is 42.3 Å². The fraction of sp³-hybridized carbons (Fsp3) is 0.133. The maximum Gasteiger partial charge on any atom is 0.255 e. The molecule has 98 valence electrons. The first kappa shape index (κ1) is 13.9. The van der Waals surface area contributed by atoms with Crippen molar-refractivity contribution in [2.45, 2.75) is 13.3 Å². The molecule has 0 atom stereocenters. The van der Waals surface area contributed by atoms with E-state index in [-0.39, 0.29) is 5.91 Å². The van der Waals surface area contributed by atoms with Crippen LogP contribution < -0.4 is 5.32 Å². The quantitative estimate of drug-likeness (QED) is 0.865. The van der Waals surface area contributed by atoms with Gasteiger partial charge in [-0.3, -0.25) is 4.79 Å². The first-order valence-corrected chi connectivity index (χ1v) is 6.71. The first-order valence-electron chi connectivity index (χ1n) is 5.95. The van der Waals surface area contributed by atoms with E-state index < -0.39 is 0 Å². The number of hydrogen-bond donors (Lipinski definition) is 1. The fourth-order valence-electron chi connectivity index (χ4n) is 1.68. The number of amides is 1. The van der Waals surface area contributed by atoms with Gasteiger partial charge < -0.3 is 5.32 Å². The van der Waals surface area contributed by atoms with Crippen LogP contribution in [-0.2, 0) is 6.42 Å². The van der Waals surface area contributed by atoms with E-state index in [0.717, 1.165) is 6.42 Å². The molecule has 2 rings (SSSR count). The summed E-state index contributed by atoms with van der Waals surface area (Å²) < 4.78 is 0. The number of anilines is 1. The Kier molecular flexibility index (Phi) is 4.46. The van der Waals surface area contributed by atoms with Crippen LogP contribution in [0.4, 0.5) is 5.69 Å². The van der Waals surface area contributed by atoms with Crippen molar-refractivity contribution in [3.05, 3.63) is 63.6 Å². The Morgan fingerprint density at radius 3 is 2.37 bits per heavy atom. The highest BCUT2D eigenvalue weighted by Crippen LogP contribution is 2.25. The third kappa shape index (κ3) is 3.49. The highest BCUT2D eigenvalue weighted by atomic mass is 35.5. The SMILES string of the molecule is CCc1ccc(C(=O)Nc2ccc(Cl)cc2Cl)cc1. The lowest BCUT2D eigenvalue weighted by Crippen LogP contribution is -2.12. The van der Waals surface area contributed by atoms with E-state index in [9.17, 15) is 4.79 Å². The summed E-state index contributed by atoms with van der Waals surface area (Å²) in [5.41, 5.74) is 2.35. The molecule has 2 aromatic rings. The number of hydrogen-bond acceptors (Lipinski definition) is 1. The van der Waals surface area contributed by atoms with Crippen molar-refractivity contribution in [2.24, 2.45) is 0 Å². The summed E-state index contributed by atoms with van der Waals surface area (Å²) in [6, 6.07) is 12.5. The van der Waals surface area contributed by atoms with E-state index in [2.05, 4.69) is 12.2 Å². The van der Waals surface area contributed by atoms with E-state index in [1.54, 1.807) is 30.3 Å². The van der Waals surface area contributed by atoms with Gasteiger partial charge in [0.1, 0.15) is 0 Å². The van der Waals surface area contributed by atoms with Gasteiger partial charge in [0, 0.05) is 10.6 Å². The Bertz CT molecular complexity index is 594. The third-order valence-corrected chi connectivity index (χ3v) is 3.35. The van der Waals surface area contributed by atoms with Crippen molar-refractivity contribution in [2.75, 3.05) is 5.32 Å². The maximum atomic E-state index is 12.0. The van der Waals surface area contributed by atoms with E-state index in [4.69, 9.17) is 23.2 Å². The van der Waals surface area contributed by atoms with Crippen molar-refractivity contribution >= 4 is 34.8 Å². The van der Waals surface area contributed by atoms with Crippen LogP contribution in [-0.4, -0.2) is 5.91 Å². The van der Waals surface area contributed by atoms with Crippen LogP contribution >= 0.6 is 23.2 Å². The molecule has 4 heteroatoms. The van der Waals surface area contributed by atoms with E-state index in [0.29, 0.717) is 21.3 Å². The van der Waals surface area contributed by atoms with Crippen LogP contribution in [0, 0.1) is 0 Å². The van der Waals surface area contributed by atoms with E-state index >= 15 is 0 Å². The summed E-state index contributed by atoms with van der Waals surface area (Å²) in [6.45, 7) is 2.07. The number of carbonyl (C=O) groups is 1. The van der Waals surface area contributed by atoms with Gasteiger partial charge in [0.2, 0.25) is 0 Å². The van der Waals surface area contributed by atoms with Crippen LogP contribution in [0.1, 0.15) is 22.8 Å². The molecule has 0 aliphatic heterocycles. The number of carbonyl (C=O) groups excluding carboxylic acids is 1. The molecule has 0 fully saturated rings. The number of halogens is 2. The Morgan fingerprint density at radius 1 is 1.11 bits per heavy atom. The summed E-state index contributed by atoms with van der Waals surface area (Å²) in [6.07, 6.45) is 0.949. The number of nitrogens with one attached hydrogen (secondary N) is 1. The molecule has 0 heterocycles. The second kappa shape index (κ2) is 6.09. The lowest BCUT2D eigenvalue weighted by atomic mass is 10.1. The molecule has 1 amide bonds. The molecule has 2 aromatic carbocycles. The molecule has 0 aromatic heterocycles. The first-order chi connectivity index (χ1) is 9.10. The zero-order chi connectivity index (χ0) is 13.8. The van der Waals surface area contributed by atoms with Crippen LogP contribution in [0.5, 0.6) is 0 Å². The van der Waals surface area contributed by atoms with Gasteiger partial charge in [-0.1, -0.05) is 42.3 Å². The summed E-state index contributed by atoms with van der Waals surface area (Å²) in [4.78, 5) is 12.0. The Labute approximate surface area is 122 Å². The van der Waals surface area contributed by atoms with Crippen LogP contribution in [0.3, 0.4) is 0 Å². The van der Waals surface area contributed by atoms with E-state index in [1.807, 2.05) is 12.1 Å². The van der Waals surface area contributed by atoms with Gasteiger partial charge in [-0.25, -0.2) is 0 Å². The molecule has 0 aliphatic rings. The van der Waals surface area contributed by atoms with Gasteiger partial charge >= 0.3 is 0 Å². The van der Waals surface area contributed by atoms with Crippen LogP contribution in [0.2, 0.25) is 10.0 Å². The lowest BCUT2D eigenvalue weighted by Gasteiger charge is -2.08. The zero-order valence-corrected chi connectivity index (χ0v) is 11.9.